The summed E-state index contributed by atoms with van der Waals surface area (Å²) in [4.78, 5) is 15.6. The van der Waals surface area contributed by atoms with Crippen molar-refractivity contribution >= 4 is 50.0 Å². The van der Waals surface area contributed by atoms with E-state index in [0.717, 1.165) is 29.3 Å². The van der Waals surface area contributed by atoms with Gasteiger partial charge in [0.2, 0.25) is 0 Å². The Hall–Kier alpha value is -1.62. The van der Waals surface area contributed by atoms with E-state index in [1.54, 1.807) is 18.2 Å². The Balaban J connectivity index is 1.60. The Morgan fingerprint density at radius 3 is 2.77 bits per heavy atom. The molecule has 4 atom stereocenters. The Bertz CT molecular complexity index is 1130. The second kappa shape index (κ2) is 7.47. The molecule has 9 heteroatoms. The van der Waals surface area contributed by atoms with Crippen molar-refractivity contribution < 1.29 is 18.3 Å². The fourth-order valence-electron chi connectivity index (χ4n) is 5.76. The van der Waals surface area contributed by atoms with Gasteiger partial charge < -0.3 is 15.3 Å². The first kappa shape index (κ1) is 21.2. The van der Waals surface area contributed by atoms with E-state index in [2.05, 4.69) is 46.2 Å². The number of anilines is 1. The minimum Gasteiger partial charge on any atom is -0.511 e. The molecule has 1 aromatic carbocycles. The molecule has 2 aliphatic heterocycles. The third kappa shape index (κ3) is 3.39. The van der Waals surface area contributed by atoms with Crippen molar-refractivity contribution in [3.05, 3.63) is 33.1 Å². The molecule has 1 aromatic rings. The molecule has 0 aromatic heterocycles. The molecule has 2 saturated carbocycles. The number of carbonyl (C=O) groups is 1. The number of amides is 1. The van der Waals surface area contributed by atoms with E-state index in [0.29, 0.717) is 30.0 Å². The van der Waals surface area contributed by atoms with Crippen LogP contribution in [0, 0.1) is 27.2 Å². The zero-order chi connectivity index (χ0) is 22.1. The van der Waals surface area contributed by atoms with Gasteiger partial charge in [-0.3, -0.25) is 4.79 Å². The number of nitrogens with one attached hydrogen (secondary N) is 1. The third-order valence-corrected chi connectivity index (χ3v) is 9.14. The molecule has 166 valence electrons. The molecule has 2 fully saturated rings. The SMILES string of the molecule is CC(C)CCN1C(=O)C(C2=NS(=O)(=O)c3cc(I)ccc3N2)=C(O)[C@@H]2[C@H]3CC[C@H](C3)[C@@H]21. The van der Waals surface area contributed by atoms with Gasteiger partial charge in [0.25, 0.3) is 15.9 Å². The summed E-state index contributed by atoms with van der Waals surface area (Å²) in [5, 5.41) is 14.3. The summed E-state index contributed by atoms with van der Waals surface area (Å²) >= 11 is 2.05. The number of benzene rings is 1. The van der Waals surface area contributed by atoms with Crippen molar-refractivity contribution in [2.24, 2.45) is 28.1 Å². The van der Waals surface area contributed by atoms with Gasteiger partial charge in [0.05, 0.1) is 5.69 Å². The lowest BCUT2D eigenvalue weighted by Crippen LogP contribution is -2.54. The van der Waals surface area contributed by atoms with Crippen molar-refractivity contribution in [3.8, 4) is 0 Å². The zero-order valence-electron chi connectivity index (χ0n) is 17.5. The monoisotopic (exact) mass is 555 g/mol. The van der Waals surface area contributed by atoms with Gasteiger partial charge in [0.15, 0.2) is 5.84 Å². The number of aliphatic hydroxyl groups is 1. The van der Waals surface area contributed by atoms with Crippen LogP contribution in [0.25, 0.3) is 0 Å². The molecule has 31 heavy (non-hydrogen) atoms. The predicted octanol–water partition coefficient (Wildman–Crippen LogP) is 3.92. The lowest BCUT2D eigenvalue weighted by atomic mass is 9.77. The van der Waals surface area contributed by atoms with Crippen molar-refractivity contribution in [2.75, 3.05) is 11.9 Å². The summed E-state index contributed by atoms with van der Waals surface area (Å²) in [6, 6.07) is 5.02. The number of halogens is 1. The van der Waals surface area contributed by atoms with Crippen LogP contribution in [-0.4, -0.2) is 42.8 Å². The van der Waals surface area contributed by atoms with Crippen molar-refractivity contribution in [1.29, 1.82) is 0 Å². The number of sulfonamides is 1. The quantitative estimate of drug-likeness (QED) is 0.549. The van der Waals surface area contributed by atoms with Crippen molar-refractivity contribution in [1.82, 2.24) is 4.90 Å². The Kier molecular flexibility index (Phi) is 5.12. The minimum absolute atomic E-state index is 0.00316. The van der Waals surface area contributed by atoms with Crippen LogP contribution in [0.4, 0.5) is 5.69 Å². The second-order valence-electron chi connectivity index (χ2n) is 9.47. The second-order valence-corrected chi connectivity index (χ2v) is 12.3. The van der Waals surface area contributed by atoms with Gasteiger partial charge >= 0.3 is 0 Å². The van der Waals surface area contributed by atoms with Crippen LogP contribution in [0.15, 0.2) is 38.8 Å². The van der Waals surface area contributed by atoms with Crippen LogP contribution in [0.2, 0.25) is 0 Å². The van der Waals surface area contributed by atoms with E-state index in [1.807, 2.05) is 4.90 Å². The van der Waals surface area contributed by atoms with Crippen LogP contribution in [-0.2, 0) is 14.8 Å². The number of aliphatic hydroxyl groups excluding tert-OH is 1. The fourth-order valence-corrected chi connectivity index (χ4v) is 7.61. The molecule has 5 rings (SSSR count). The van der Waals surface area contributed by atoms with Crippen LogP contribution in [0.5, 0.6) is 0 Å². The number of hydrogen-bond acceptors (Lipinski definition) is 5. The first-order valence-electron chi connectivity index (χ1n) is 10.8. The number of nitrogens with zero attached hydrogens (tertiary/aromatic N) is 2. The molecule has 2 N–H and O–H groups in total. The van der Waals surface area contributed by atoms with E-state index in [-0.39, 0.29) is 39.9 Å². The van der Waals surface area contributed by atoms with Gasteiger partial charge in [-0.05, 0) is 84.2 Å². The van der Waals surface area contributed by atoms with E-state index in [4.69, 9.17) is 0 Å². The molecule has 0 radical (unpaired) electrons. The summed E-state index contributed by atoms with van der Waals surface area (Å²) in [6.45, 7) is 4.85. The number of fused-ring (bicyclic) bond motifs is 6. The molecule has 0 spiro atoms. The molecule has 7 nitrogen and oxygen atoms in total. The number of rotatable bonds is 4. The number of amidine groups is 1. The highest BCUT2D eigenvalue weighted by Gasteiger charge is 2.57. The van der Waals surface area contributed by atoms with Crippen molar-refractivity contribution in [2.45, 2.75) is 50.5 Å². The Morgan fingerprint density at radius 2 is 2.03 bits per heavy atom. The zero-order valence-corrected chi connectivity index (χ0v) is 20.5. The van der Waals surface area contributed by atoms with E-state index in [9.17, 15) is 18.3 Å². The minimum atomic E-state index is -3.98. The molecule has 2 heterocycles. The lowest BCUT2D eigenvalue weighted by Gasteiger charge is -2.44. The van der Waals surface area contributed by atoms with Gasteiger partial charge in [-0.25, -0.2) is 0 Å². The first-order chi connectivity index (χ1) is 14.7. The van der Waals surface area contributed by atoms with Gasteiger partial charge in [-0.2, -0.15) is 8.42 Å². The van der Waals surface area contributed by atoms with Crippen molar-refractivity contribution in [3.63, 3.8) is 0 Å². The van der Waals surface area contributed by atoms with Gasteiger partial charge in [-0.15, -0.1) is 4.40 Å². The van der Waals surface area contributed by atoms with Gasteiger partial charge in [0.1, 0.15) is 16.2 Å². The molecular weight excluding hydrogens is 529 g/mol. The number of hydrogen-bond donors (Lipinski definition) is 2. The molecule has 4 aliphatic rings. The van der Waals surface area contributed by atoms with E-state index >= 15 is 0 Å². The fraction of sp³-hybridized carbons (Fsp3) is 0.545. The molecule has 2 bridgehead atoms. The van der Waals surface area contributed by atoms with Crippen LogP contribution in [0.1, 0.15) is 39.5 Å². The predicted molar refractivity (Wildman–Crippen MR) is 126 cm³/mol. The van der Waals surface area contributed by atoms with Crippen LogP contribution < -0.4 is 5.32 Å². The maximum absolute atomic E-state index is 13.6. The molecular formula is C22H26IN3O4S. The highest BCUT2D eigenvalue weighted by Crippen LogP contribution is 2.55. The van der Waals surface area contributed by atoms with E-state index in [1.165, 1.54) is 0 Å². The summed E-state index contributed by atoms with van der Waals surface area (Å²) in [5.74, 6) is 0.668. The molecule has 0 saturated heterocycles. The summed E-state index contributed by atoms with van der Waals surface area (Å²) < 4.78 is 30.5. The first-order valence-corrected chi connectivity index (χ1v) is 13.3. The molecule has 2 aliphatic carbocycles. The van der Waals surface area contributed by atoms with Crippen LogP contribution in [0.3, 0.4) is 0 Å². The smallest absolute Gasteiger partial charge is 0.286 e. The lowest BCUT2D eigenvalue weighted by molar-refractivity contribution is -0.133. The van der Waals surface area contributed by atoms with Gasteiger partial charge in [-0.1, -0.05) is 13.8 Å². The Morgan fingerprint density at radius 1 is 1.29 bits per heavy atom. The van der Waals surface area contributed by atoms with Gasteiger partial charge in [0, 0.05) is 22.1 Å². The summed E-state index contributed by atoms with van der Waals surface area (Å²) in [7, 11) is -3.98. The maximum atomic E-state index is 13.6. The largest absolute Gasteiger partial charge is 0.511 e. The average Bonchev–Trinajstić information content (AvgIpc) is 3.30. The summed E-state index contributed by atoms with van der Waals surface area (Å²) in [6.07, 6.45) is 3.99. The number of carbonyl (C=O) groups excluding carboxylic acids is 1. The molecule has 0 unspecified atom stereocenters. The Labute approximate surface area is 196 Å². The normalized spacial score (nSPS) is 30.9. The highest BCUT2D eigenvalue weighted by molar-refractivity contribution is 14.1. The highest BCUT2D eigenvalue weighted by atomic mass is 127. The summed E-state index contributed by atoms with van der Waals surface area (Å²) in [5.41, 5.74) is 0.396. The maximum Gasteiger partial charge on any atom is 0.286 e. The average molecular weight is 555 g/mol. The van der Waals surface area contributed by atoms with Crippen LogP contribution >= 0.6 is 22.6 Å². The third-order valence-electron chi connectivity index (χ3n) is 7.15. The van der Waals surface area contributed by atoms with E-state index < -0.39 is 10.0 Å². The standard InChI is InChI=1S/C22H26IN3O4S/c1-11(2)7-8-26-19-13-4-3-12(9-13)17(19)20(27)18(22(26)28)21-24-15-6-5-14(23)10-16(15)31(29,30)25-21/h5-6,10-13,17,19,27H,3-4,7-9H2,1-2H3,(H,24,25)/t12-,13+,17+,19-/m0/s1. The topological polar surface area (TPSA) is 99.1 Å². The molecule has 1 amide bonds.